The van der Waals surface area contributed by atoms with Crippen molar-refractivity contribution in [3.8, 4) is 50.8 Å². The molecule has 1 radical (unpaired) electrons. The van der Waals surface area contributed by atoms with Gasteiger partial charge in [-0.1, -0.05) is 140 Å². The maximum atomic E-state index is 9.39. The number of fused-ring (bicyclic) bond motifs is 3. The Morgan fingerprint density at radius 2 is 1.48 bits per heavy atom. The molecule has 0 N–H and O–H groups in total. The monoisotopic (exact) mass is 896 g/mol. The number of benzene rings is 5. The first kappa shape index (κ1) is 38.3. The molecule has 0 amide bonds. The van der Waals surface area contributed by atoms with Gasteiger partial charge >= 0.3 is 0 Å². The van der Waals surface area contributed by atoms with Gasteiger partial charge in [-0.05, 0) is 69.4 Å². The molecular formula is C48H41IrN3OSi-2. The number of pyridine rings is 2. The quantitative estimate of drug-likeness (QED) is 0.118. The maximum Gasteiger partial charge on any atom is 0.120 e. The molecule has 6 heteroatoms. The third-order valence-electron chi connectivity index (χ3n) is 9.32. The summed E-state index contributed by atoms with van der Waals surface area (Å²) < 4.78 is 6.28. The summed E-state index contributed by atoms with van der Waals surface area (Å²) in [4.78, 5) is 9.24. The van der Waals surface area contributed by atoms with Gasteiger partial charge in [0.1, 0.15) is 5.58 Å². The largest absolute Gasteiger partial charge is 0.501 e. The fourth-order valence-electron chi connectivity index (χ4n) is 6.54. The molecule has 0 bridgehead atoms. The van der Waals surface area contributed by atoms with E-state index in [1.807, 2.05) is 60.9 Å². The maximum absolute atomic E-state index is 9.39. The average Bonchev–Trinajstić information content (AvgIpc) is 3.56. The molecule has 4 nitrogen and oxygen atoms in total. The van der Waals surface area contributed by atoms with Gasteiger partial charge in [0.15, 0.2) is 0 Å². The molecule has 269 valence electrons. The number of rotatable bonds is 7. The molecule has 0 saturated heterocycles. The molecule has 3 heterocycles. The summed E-state index contributed by atoms with van der Waals surface area (Å²) in [5.41, 5.74) is 11.6. The van der Waals surface area contributed by atoms with Gasteiger partial charge in [0.25, 0.3) is 0 Å². The van der Waals surface area contributed by atoms with Crippen molar-refractivity contribution in [1.82, 2.24) is 9.97 Å². The first-order valence-electron chi connectivity index (χ1n) is 18.0. The molecule has 0 atom stereocenters. The summed E-state index contributed by atoms with van der Waals surface area (Å²) in [6, 6.07) is 51.9. The molecule has 0 unspecified atom stereocenters. The zero-order valence-electron chi connectivity index (χ0n) is 31.1. The molecule has 8 aromatic rings. The molecule has 5 aromatic carbocycles. The second-order valence-corrected chi connectivity index (χ2v) is 19.8. The second-order valence-electron chi connectivity index (χ2n) is 14.8. The molecule has 0 aliphatic carbocycles. The molecule has 0 saturated carbocycles. The Bertz CT molecular complexity index is 2550. The van der Waals surface area contributed by atoms with Crippen LogP contribution in [0.2, 0.25) is 19.6 Å². The van der Waals surface area contributed by atoms with E-state index in [0.29, 0.717) is 11.5 Å². The number of hydrogen-bond donors (Lipinski definition) is 0. The third-order valence-corrected chi connectivity index (χ3v) is 11.4. The first-order valence-corrected chi connectivity index (χ1v) is 21.5. The molecule has 0 spiro atoms. The van der Waals surface area contributed by atoms with Crippen LogP contribution in [0.15, 0.2) is 144 Å². The molecule has 0 aliphatic rings. The second kappa shape index (κ2) is 16.7. The van der Waals surface area contributed by atoms with Gasteiger partial charge < -0.3 is 14.4 Å². The van der Waals surface area contributed by atoms with E-state index in [1.54, 1.807) is 6.07 Å². The minimum absolute atomic E-state index is 0. The summed E-state index contributed by atoms with van der Waals surface area (Å²) in [5, 5.41) is 12.9. The molecule has 0 fully saturated rings. The van der Waals surface area contributed by atoms with Crippen molar-refractivity contribution in [3.05, 3.63) is 163 Å². The van der Waals surface area contributed by atoms with Crippen LogP contribution in [0.4, 0.5) is 0 Å². The third kappa shape index (κ3) is 8.51. The van der Waals surface area contributed by atoms with Crippen molar-refractivity contribution in [2.24, 2.45) is 5.92 Å². The molecule has 0 aliphatic heterocycles. The van der Waals surface area contributed by atoms with Gasteiger partial charge in [-0.2, -0.15) is 0 Å². The SMILES string of the molecule is CC(C)Cc1ccnc(-c2[c-]ccc3c2oc2ccc(-c4ccccc4)cc23)c1.C[Si](C)(C)c1ccc(-c2[c-]cc(C#N)c(-c3ccccc3)c2)nc1.[Ir]. The summed E-state index contributed by atoms with van der Waals surface area (Å²) >= 11 is 0. The zero-order chi connectivity index (χ0) is 37.0. The standard InChI is InChI=1S/C27H22NO.C21H19N2Si.Ir/c1-18(2)15-19-13-14-28-25(16-19)23-10-6-9-22-24-17-21(20-7-4-3-5-8-20)11-12-26(24)29-27(22)23;1-24(2,3)19-11-12-21(23-15-19)17-9-10-18(14-22)20(13-17)16-7-5-4-6-8-16;/h3-9,11-14,16-18H,15H2,1-2H3;4-8,10-13,15H,1-3H3;/q2*-1;. The van der Waals surface area contributed by atoms with Crippen molar-refractivity contribution in [3.63, 3.8) is 0 Å². The van der Waals surface area contributed by atoms with Gasteiger partial charge in [-0.25, -0.2) is 5.26 Å². The van der Waals surface area contributed by atoms with E-state index >= 15 is 0 Å². The summed E-state index contributed by atoms with van der Waals surface area (Å²) in [7, 11) is -1.35. The van der Waals surface area contributed by atoms with Crippen molar-refractivity contribution in [2.75, 3.05) is 0 Å². The van der Waals surface area contributed by atoms with Crippen molar-refractivity contribution in [1.29, 1.82) is 5.26 Å². The van der Waals surface area contributed by atoms with Gasteiger partial charge in [-0.3, -0.25) is 0 Å². The molecular weight excluding hydrogens is 855 g/mol. The summed E-state index contributed by atoms with van der Waals surface area (Å²) in [5.74, 6) is 0.604. The molecule has 54 heavy (non-hydrogen) atoms. The topological polar surface area (TPSA) is 62.7 Å². The predicted octanol–water partition coefficient (Wildman–Crippen LogP) is 11.9. The van der Waals surface area contributed by atoms with E-state index in [2.05, 4.69) is 134 Å². The van der Waals surface area contributed by atoms with Crippen molar-refractivity contribution < 1.29 is 24.5 Å². The van der Waals surface area contributed by atoms with Gasteiger partial charge in [0, 0.05) is 44.0 Å². The minimum atomic E-state index is -1.35. The number of nitriles is 1. The Morgan fingerprint density at radius 1 is 0.741 bits per heavy atom. The Kier molecular flexibility index (Phi) is 11.8. The first-order chi connectivity index (χ1) is 25.7. The normalized spacial score (nSPS) is 11.1. The van der Waals surface area contributed by atoms with Gasteiger partial charge in [0.05, 0.1) is 13.7 Å². The predicted molar refractivity (Wildman–Crippen MR) is 221 cm³/mol. The van der Waals surface area contributed by atoms with Crippen LogP contribution in [0, 0.1) is 29.4 Å². The van der Waals surface area contributed by atoms with Crippen LogP contribution in [0.25, 0.3) is 66.7 Å². The van der Waals surface area contributed by atoms with Crippen LogP contribution in [-0.4, -0.2) is 18.0 Å². The molecule has 8 rings (SSSR count). The molecule has 3 aromatic heterocycles. The Labute approximate surface area is 332 Å². The van der Waals surface area contributed by atoms with Crippen molar-refractivity contribution >= 4 is 35.2 Å². The van der Waals surface area contributed by atoms with E-state index < -0.39 is 8.07 Å². The smallest absolute Gasteiger partial charge is 0.120 e. The van der Waals surface area contributed by atoms with Crippen LogP contribution >= 0.6 is 0 Å². The van der Waals surface area contributed by atoms with E-state index in [9.17, 15) is 5.26 Å². The Balaban J connectivity index is 0.000000184. The minimum Gasteiger partial charge on any atom is -0.501 e. The number of furan rings is 1. The number of hydrogen-bond acceptors (Lipinski definition) is 4. The van der Waals surface area contributed by atoms with Crippen LogP contribution < -0.4 is 5.19 Å². The van der Waals surface area contributed by atoms with Gasteiger partial charge in [0.2, 0.25) is 0 Å². The van der Waals surface area contributed by atoms with Crippen LogP contribution in [0.1, 0.15) is 25.0 Å². The Hall–Kier alpha value is -5.44. The van der Waals surface area contributed by atoms with Crippen LogP contribution in [0.3, 0.4) is 0 Å². The fourth-order valence-corrected chi connectivity index (χ4v) is 7.57. The van der Waals surface area contributed by atoms with Crippen LogP contribution in [0.5, 0.6) is 0 Å². The van der Waals surface area contributed by atoms with Gasteiger partial charge in [-0.15, -0.1) is 42.0 Å². The van der Waals surface area contributed by atoms with Crippen molar-refractivity contribution in [2.45, 2.75) is 39.9 Å². The number of nitrogens with zero attached hydrogens (tertiary/aromatic N) is 3. The zero-order valence-corrected chi connectivity index (χ0v) is 34.5. The van der Waals surface area contributed by atoms with E-state index in [4.69, 9.17) is 4.42 Å². The number of aromatic nitrogens is 2. The average molecular weight is 896 g/mol. The van der Waals surface area contributed by atoms with E-state index in [1.165, 1.54) is 21.9 Å². The van der Waals surface area contributed by atoms with E-state index in [0.717, 1.165) is 62.0 Å². The fraction of sp³-hybridized carbons (Fsp3) is 0.146. The van der Waals surface area contributed by atoms with E-state index in [-0.39, 0.29) is 20.1 Å². The Morgan fingerprint density at radius 3 is 2.15 bits per heavy atom. The summed E-state index contributed by atoms with van der Waals surface area (Å²) in [6.07, 6.45) is 4.90. The summed E-state index contributed by atoms with van der Waals surface area (Å²) in [6.45, 7) is 11.4. The van der Waals surface area contributed by atoms with Crippen LogP contribution in [-0.2, 0) is 26.5 Å².